The van der Waals surface area contributed by atoms with E-state index in [-0.39, 0.29) is 5.54 Å². The molecule has 0 spiro atoms. The van der Waals surface area contributed by atoms with E-state index in [4.69, 9.17) is 5.73 Å². The minimum absolute atomic E-state index is 0.110. The van der Waals surface area contributed by atoms with Gasteiger partial charge in [0.05, 0.1) is 0 Å². The first kappa shape index (κ1) is 14.2. The van der Waals surface area contributed by atoms with Crippen molar-refractivity contribution in [3.63, 3.8) is 0 Å². The fourth-order valence-electron chi connectivity index (χ4n) is 2.21. The molecule has 1 rings (SSSR count). The summed E-state index contributed by atoms with van der Waals surface area (Å²) in [6.07, 6.45) is 1.09. The third-order valence-electron chi connectivity index (χ3n) is 3.80. The van der Waals surface area contributed by atoms with Gasteiger partial charge in [0.15, 0.2) is 0 Å². The molecule has 0 bridgehead atoms. The Kier molecular flexibility index (Phi) is 5.16. The van der Waals surface area contributed by atoms with E-state index in [1.54, 1.807) is 0 Å². The lowest BCUT2D eigenvalue weighted by Gasteiger charge is -2.39. The molecular formula is C15H26N2. The first-order valence-electron chi connectivity index (χ1n) is 6.56. The Morgan fingerprint density at radius 3 is 2.47 bits per heavy atom. The van der Waals surface area contributed by atoms with Crippen molar-refractivity contribution in [3.8, 4) is 0 Å². The molecule has 0 heterocycles. The molecule has 0 saturated carbocycles. The van der Waals surface area contributed by atoms with Crippen LogP contribution in [0.2, 0.25) is 0 Å². The largest absolute Gasteiger partial charge is 0.329 e. The maximum Gasteiger partial charge on any atom is 0.0304 e. The number of rotatable bonds is 6. The molecule has 0 aliphatic rings. The third kappa shape index (κ3) is 3.55. The predicted octanol–water partition coefficient (Wildman–Crippen LogP) is 2.94. The molecule has 0 amide bonds. The number of likely N-dealkylation sites (N-methyl/N-ethyl adjacent to an activating group) is 1. The number of aryl methyl sites for hydroxylation is 1. The van der Waals surface area contributed by atoms with E-state index in [9.17, 15) is 0 Å². The average molecular weight is 234 g/mol. The van der Waals surface area contributed by atoms with Crippen LogP contribution in [0.5, 0.6) is 0 Å². The monoisotopic (exact) mass is 234 g/mol. The molecule has 2 nitrogen and oxygen atoms in total. The van der Waals surface area contributed by atoms with Gasteiger partial charge in [-0.05, 0) is 32.4 Å². The van der Waals surface area contributed by atoms with Crippen molar-refractivity contribution in [1.82, 2.24) is 4.90 Å². The molecule has 1 atom stereocenters. The lowest BCUT2D eigenvalue weighted by molar-refractivity contribution is 0.104. The van der Waals surface area contributed by atoms with Crippen LogP contribution < -0.4 is 5.73 Å². The fraction of sp³-hybridized carbons (Fsp3) is 0.600. The van der Waals surface area contributed by atoms with Crippen LogP contribution in [0.4, 0.5) is 0 Å². The summed E-state index contributed by atoms with van der Waals surface area (Å²) in [5.41, 5.74) is 8.74. The fourth-order valence-corrected chi connectivity index (χ4v) is 2.21. The third-order valence-corrected chi connectivity index (χ3v) is 3.80. The SMILES string of the molecule is CCN(Cc1cccc(C)c1)C(C)(CC)CN. The van der Waals surface area contributed by atoms with Gasteiger partial charge in [0.2, 0.25) is 0 Å². The Hall–Kier alpha value is -0.860. The maximum absolute atomic E-state index is 5.94. The molecule has 0 fully saturated rings. The lowest BCUT2D eigenvalue weighted by atomic mass is 9.95. The topological polar surface area (TPSA) is 29.3 Å². The molecule has 1 aromatic carbocycles. The van der Waals surface area contributed by atoms with Crippen molar-refractivity contribution in [3.05, 3.63) is 35.4 Å². The Morgan fingerprint density at radius 1 is 1.29 bits per heavy atom. The molecule has 2 heteroatoms. The van der Waals surface area contributed by atoms with E-state index >= 15 is 0 Å². The van der Waals surface area contributed by atoms with Gasteiger partial charge >= 0.3 is 0 Å². The highest BCUT2D eigenvalue weighted by Crippen LogP contribution is 2.20. The second-order valence-electron chi connectivity index (χ2n) is 5.06. The quantitative estimate of drug-likeness (QED) is 0.820. The normalized spacial score (nSPS) is 14.9. The van der Waals surface area contributed by atoms with Crippen molar-refractivity contribution >= 4 is 0 Å². The zero-order valence-electron chi connectivity index (χ0n) is 11.7. The standard InChI is InChI=1S/C15H26N2/c1-5-15(4,12-16)17(6-2)11-14-9-7-8-13(3)10-14/h7-10H,5-6,11-12,16H2,1-4H3. The molecule has 0 aliphatic heterocycles. The van der Waals surface area contributed by atoms with Gasteiger partial charge in [-0.1, -0.05) is 43.7 Å². The number of benzene rings is 1. The Bertz CT molecular complexity index is 343. The zero-order valence-corrected chi connectivity index (χ0v) is 11.7. The van der Waals surface area contributed by atoms with Gasteiger partial charge in [-0.2, -0.15) is 0 Å². The summed E-state index contributed by atoms with van der Waals surface area (Å²) in [4.78, 5) is 2.47. The van der Waals surface area contributed by atoms with Crippen LogP contribution in [-0.2, 0) is 6.54 Å². The molecule has 0 radical (unpaired) electrons. The van der Waals surface area contributed by atoms with Gasteiger partial charge in [-0.3, -0.25) is 4.90 Å². The average Bonchev–Trinajstić information content (AvgIpc) is 2.35. The Balaban J connectivity index is 2.83. The number of nitrogens with zero attached hydrogens (tertiary/aromatic N) is 1. The van der Waals surface area contributed by atoms with Crippen LogP contribution in [0.15, 0.2) is 24.3 Å². The van der Waals surface area contributed by atoms with Gasteiger partial charge in [0, 0.05) is 18.6 Å². The number of hydrogen-bond acceptors (Lipinski definition) is 2. The Morgan fingerprint density at radius 2 is 2.00 bits per heavy atom. The number of nitrogens with two attached hydrogens (primary N) is 1. The second kappa shape index (κ2) is 6.18. The lowest BCUT2D eigenvalue weighted by Crippen LogP contribution is -2.50. The summed E-state index contributed by atoms with van der Waals surface area (Å²) >= 11 is 0. The van der Waals surface area contributed by atoms with Crippen molar-refractivity contribution in [2.45, 2.75) is 46.2 Å². The second-order valence-corrected chi connectivity index (χ2v) is 5.06. The molecule has 2 N–H and O–H groups in total. The minimum Gasteiger partial charge on any atom is -0.329 e. The molecule has 17 heavy (non-hydrogen) atoms. The first-order valence-corrected chi connectivity index (χ1v) is 6.56. The molecule has 1 unspecified atom stereocenters. The Labute approximate surface area is 106 Å². The van der Waals surface area contributed by atoms with Gasteiger partial charge in [-0.25, -0.2) is 0 Å². The van der Waals surface area contributed by atoms with Crippen LogP contribution in [0, 0.1) is 6.92 Å². The van der Waals surface area contributed by atoms with Crippen LogP contribution >= 0.6 is 0 Å². The summed E-state index contributed by atoms with van der Waals surface area (Å²) in [5.74, 6) is 0. The van der Waals surface area contributed by atoms with Crippen LogP contribution in [0.1, 0.15) is 38.3 Å². The van der Waals surface area contributed by atoms with Crippen molar-refractivity contribution in [2.75, 3.05) is 13.1 Å². The summed E-state index contributed by atoms with van der Waals surface area (Å²) in [6, 6.07) is 8.73. The van der Waals surface area contributed by atoms with Gasteiger partial charge in [0.1, 0.15) is 0 Å². The molecule has 1 aromatic rings. The summed E-state index contributed by atoms with van der Waals surface area (Å²) in [5, 5.41) is 0. The molecule has 96 valence electrons. The van der Waals surface area contributed by atoms with E-state index in [1.165, 1.54) is 11.1 Å². The predicted molar refractivity (Wildman–Crippen MR) is 75.0 cm³/mol. The summed E-state index contributed by atoms with van der Waals surface area (Å²) < 4.78 is 0. The van der Waals surface area contributed by atoms with Crippen LogP contribution in [-0.4, -0.2) is 23.5 Å². The van der Waals surface area contributed by atoms with E-state index in [1.807, 2.05) is 0 Å². The van der Waals surface area contributed by atoms with E-state index in [0.29, 0.717) is 6.54 Å². The first-order chi connectivity index (χ1) is 8.05. The van der Waals surface area contributed by atoms with Crippen LogP contribution in [0.25, 0.3) is 0 Å². The van der Waals surface area contributed by atoms with E-state index in [0.717, 1.165) is 19.5 Å². The van der Waals surface area contributed by atoms with Crippen molar-refractivity contribution in [2.24, 2.45) is 5.73 Å². The summed E-state index contributed by atoms with van der Waals surface area (Å²) in [7, 11) is 0. The molecular weight excluding hydrogens is 208 g/mol. The summed E-state index contributed by atoms with van der Waals surface area (Å²) in [6.45, 7) is 11.6. The molecule has 0 aromatic heterocycles. The van der Waals surface area contributed by atoms with Crippen molar-refractivity contribution in [1.29, 1.82) is 0 Å². The van der Waals surface area contributed by atoms with Crippen molar-refractivity contribution < 1.29 is 0 Å². The minimum atomic E-state index is 0.110. The number of hydrogen-bond donors (Lipinski definition) is 1. The maximum atomic E-state index is 5.94. The van der Waals surface area contributed by atoms with Gasteiger partial charge in [-0.15, -0.1) is 0 Å². The molecule has 0 aliphatic carbocycles. The van der Waals surface area contributed by atoms with Gasteiger partial charge in [0.25, 0.3) is 0 Å². The van der Waals surface area contributed by atoms with Gasteiger partial charge < -0.3 is 5.73 Å². The van der Waals surface area contributed by atoms with E-state index in [2.05, 4.69) is 56.9 Å². The highest BCUT2D eigenvalue weighted by molar-refractivity contribution is 5.22. The molecule has 0 saturated heterocycles. The highest BCUT2D eigenvalue weighted by Gasteiger charge is 2.27. The highest BCUT2D eigenvalue weighted by atomic mass is 15.2. The van der Waals surface area contributed by atoms with E-state index < -0.39 is 0 Å². The smallest absolute Gasteiger partial charge is 0.0304 e. The zero-order chi connectivity index (χ0) is 12.9. The van der Waals surface area contributed by atoms with Crippen LogP contribution in [0.3, 0.4) is 0 Å².